The van der Waals surface area contributed by atoms with E-state index in [9.17, 15) is 0 Å². The Morgan fingerprint density at radius 2 is 2.09 bits per heavy atom. The zero-order valence-corrected chi connectivity index (χ0v) is 7.21. The topological polar surface area (TPSA) is 7.60 Å². The Kier molecular flexibility index (Phi) is 3.38. The lowest BCUT2D eigenvalue weighted by Gasteiger charge is -2.26. The van der Waals surface area contributed by atoms with Crippen LogP contribution in [0.2, 0.25) is 0 Å². The molecule has 0 aromatic carbocycles. The van der Waals surface area contributed by atoms with Gasteiger partial charge in [0.15, 0.2) is 0 Å². The van der Waals surface area contributed by atoms with Crippen LogP contribution in [0.25, 0.3) is 4.85 Å². The summed E-state index contributed by atoms with van der Waals surface area (Å²) in [6, 6.07) is 0.322. The van der Waals surface area contributed by atoms with E-state index in [0.29, 0.717) is 6.04 Å². The van der Waals surface area contributed by atoms with Gasteiger partial charge in [-0.05, 0) is 13.0 Å². The summed E-state index contributed by atoms with van der Waals surface area (Å²) in [5, 5.41) is 0. The lowest BCUT2D eigenvalue weighted by Crippen LogP contribution is -2.35. The van der Waals surface area contributed by atoms with Crippen molar-refractivity contribution < 1.29 is 0 Å². The third-order valence-corrected chi connectivity index (χ3v) is 2.28. The molecule has 2 heteroatoms. The Morgan fingerprint density at radius 1 is 1.45 bits per heavy atom. The number of hydrogen-bond donors (Lipinski definition) is 0. The molecule has 0 radical (unpaired) electrons. The average Bonchev–Trinajstić information content (AvgIpc) is 2.07. The van der Waals surface area contributed by atoms with E-state index in [0.717, 1.165) is 25.9 Å². The Morgan fingerprint density at radius 3 is 2.55 bits per heavy atom. The van der Waals surface area contributed by atoms with E-state index < -0.39 is 0 Å². The van der Waals surface area contributed by atoms with E-state index in [2.05, 4.69) is 16.7 Å². The summed E-state index contributed by atoms with van der Waals surface area (Å²) in [7, 11) is 0. The molecule has 1 aliphatic heterocycles. The highest BCUT2D eigenvalue weighted by Gasteiger charge is 2.21. The largest absolute Gasteiger partial charge is 0.314 e. The first-order valence-corrected chi connectivity index (χ1v) is 4.45. The van der Waals surface area contributed by atoms with Gasteiger partial charge in [0.25, 0.3) is 0 Å². The fraction of sp³-hybridized carbons (Fsp3) is 0.889. The molecule has 0 saturated carbocycles. The quantitative estimate of drug-likeness (QED) is 0.547. The van der Waals surface area contributed by atoms with Crippen molar-refractivity contribution in [1.29, 1.82) is 0 Å². The smallest absolute Gasteiger partial charge is 0.226 e. The molecule has 2 nitrogen and oxygen atoms in total. The van der Waals surface area contributed by atoms with E-state index in [1.165, 1.54) is 13.0 Å². The maximum atomic E-state index is 6.87. The Balaban J connectivity index is 2.20. The first-order valence-electron chi connectivity index (χ1n) is 4.45. The van der Waals surface area contributed by atoms with Gasteiger partial charge in [-0.25, -0.2) is 6.57 Å². The highest BCUT2D eigenvalue weighted by atomic mass is 15.1. The van der Waals surface area contributed by atoms with Crippen molar-refractivity contribution in [3.05, 3.63) is 11.4 Å². The molecule has 0 aromatic rings. The van der Waals surface area contributed by atoms with Crippen LogP contribution in [0.15, 0.2) is 0 Å². The summed E-state index contributed by atoms with van der Waals surface area (Å²) in [5.74, 6) is 0. The SMILES string of the molecule is [C-]#[N+]C1CCN(CCC)CC1. The first-order chi connectivity index (χ1) is 5.36. The number of likely N-dealkylation sites (tertiary alicyclic amines) is 1. The lowest BCUT2D eigenvalue weighted by molar-refractivity contribution is 0.224. The lowest BCUT2D eigenvalue weighted by atomic mass is 10.1. The van der Waals surface area contributed by atoms with Crippen LogP contribution in [0.4, 0.5) is 0 Å². The Labute approximate surface area is 69.0 Å². The van der Waals surface area contributed by atoms with Gasteiger partial charge in [-0.15, -0.1) is 0 Å². The second-order valence-corrected chi connectivity index (χ2v) is 3.20. The minimum Gasteiger partial charge on any atom is -0.314 e. The minimum atomic E-state index is 0.322. The van der Waals surface area contributed by atoms with Crippen LogP contribution in [0, 0.1) is 6.57 Å². The van der Waals surface area contributed by atoms with Gasteiger partial charge in [-0.3, -0.25) is 0 Å². The van der Waals surface area contributed by atoms with Crippen molar-refractivity contribution in [2.75, 3.05) is 19.6 Å². The van der Waals surface area contributed by atoms with Gasteiger partial charge in [0, 0.05) is 25.9 Å². The van der Waals surface area contributed by atoms with E-state index >= 15 is 0 Å². The van der Waals surface area contributed by atoms with Crippen molar-refractivity contribution >= 4 is 0 Å². The molecular formula is C9H16N2. The van der Waals surface area contributed by atoms with Gasteiger partial charge in [-0.1, -0.05) is 6.92 Å². The van der Waals surface area contributed by atoms with Crippen LogP contribution < -0.4 is 0 Å². The summed E-state index contributed by atoms with van der Waals surface area (Å²) in [6.45, 7) is 12.6. The zero-order valence-electron chi connectivity index (χ0n) is 7.21. The van der Waals surface area contributed by atoms with Crippen LogP contribution >= 0.6 is 0 Å². The standard InChI is InChI=1S/C9H16N2/c1-3-6-11-7-4-9(10-2)5-8-11/h9H,3-8H2,1H3. The minimum absolute atomic E-state index is 0.322. The number of nitrogens with zero attached hydrogens (tertiary/aromatic N) is 2. The molecule has 1 fully saturated rings. The molecule has 0 amide bonds. The molecule has 0 N–H and O–H groups in total. The molecule has 0 spiro atoms. The van der Waals surface area contributed by atoms with E-state index in [4.69, 9.17) is 6.57 Å². The predicted octanol–water partition coefficient (Wildman–Crippen LogP) is 1.78. The molecule has 0 bridgehead atoms. The van der Waals surface area contributed by atoms with Crippen LogP contribution in [0.3, 0.4) is 0 Å². The summed E-state index contributed by atoms with van der Waals surface area (Å²) >= 11 is 0. The third kappa shape index (κ3) is 2.51. The summed E-state index contributed by atoms with van der Waals surface area (Å²) < 4.78 is 0. The number of rotatable bonds is 2. The second-order valence-electron chi connectivity index (χ2n) is 3.20. The van der Waals surface area contributed by atoms with Gasteiger partial charge >= 0.3 is 0 Å². The molecule has 0 unspecified atom stereocenters. The van der Waals surface area contributed by atoms with Gasteiger partial charge in [0.2, 0.25) is 6.04 Å². The Bertz CT molecular complexity index is 140. The molecule has 1 rings (SSSR count). The highest BCUT2D eigenvalue weighted by molar-refractivity contribution is 4.84. The van der Waals surface area contributed by atoms with Crippen molar-refractivity contribution in [3.8, 4) is 0 Å². The molecule has 1 heterocycles. The third-order valence-electron chi connectivity index (χ3n) is 2.28. The summed E-state index contributed by atoms with van der Waals surface area (Å²) in [4.78, 5) is 6.03. The molecule has 1 saturated heterocycles. The maximum Gasteiger partial charge on any atom is 0.226 e. The van der Waals surface area contributed by atoms with Crippen molar-refractivity contribution in [2.45, 2.75) is 32.2 Å². The first kappa shape index (κ1) is 8.55. The molecule has 0 atom stereocenters. The highest BCUT2D eigenvalue weighted by Crippen LogP contribution is 2.12. The molecular weight excluding hydrogens is 136 g/mol. The summed E-state index contributed by atoms with van der Waals surface area (Å²) in [6.07, 6.45) is 3.41. The number of hydrogen-bond acceptors (Lipinski definition) is 1. The van der Waals surface area contributed by atoms with Crippen LogP contribution in [0.5, 0.6) is 0 Å². The van der Waals surface area contributed by atoms with Gasteiger partial charge in [0.1, 0.15) is 0 Å². The monoisotopic (exact) mass is 152 g/mol. The van der Waals surface area contributed by atoms with E-state index in [-0.39, 0.29) is 0 Å². The molecule has 1 aliphatic rings. The second kappa shape index (κ2) is 4.35. The fourth-order valence-corrected chi connectivity index (χ4v) is 1.59. The van der Waals surface area contributed by atoms with Crippen LogP contribution in [-0.2, 0) is 0 Å². The van der Waals surface area contributed by atoms with Crippen LogP contribution in [-0.4, -0.2) is 30.6 Å². The van der Waals surface area contributed by atoms with E-state index in [1.54, 1.807) is 0 Å². The Hall–Kier alpha value is -0.550. The van der Waals surface area contributed by atoms with Gasteiger partial charge < -0.3 is 9.74 Å². The average molecular weight is 152 g/mol. The normalized spacial score (nSPS) is 21.5. The fourth-order valence-electron chi connectivity index (χ4n) is 1.59. The molecule has 0 aromatic heterocycles. The molecule has 11 heavy (non-hydrogen) atoms. The maximum absolute atomic E-state index is 6.87. The van der Waals surface area contributed by atoms with Crippen LogP contribution in [0.1, 0.15) is 26.2 Å². The van der Waals surface area contributed by atoms with E-state index in [1.807, 2.05) is 0 Å². The van der Waals surface area contributed by atoms with Gasteiger partial charge in [0.05, 0.1) is 0 Å². The van der Waals surface area contributed by atoms with Crippen molar-refractivity contribution in [2.24, 2.45) is 0 Å². The van der Waals surface area contributed by atoms with Crippen molar-refractivity contribution in [1.82, 2.24) is 4.90 Å². The predicted molar refractivity (Wildman–Crippen MR) is 46.4 cm³/mol. The molecule has 62 valence electrons. The number of piperidine rings is 1. The zero-order chi connectivity index (χ0) is 8.10. The van der Waals surface area contributed by atoms with Gasteiger partial charge in [-0.2, -0.15) is 0 Å². The summed E-state index contributed by atoms with van der Waals surface area (Å²) in [5.41, 5.74) is 0. The molecule has 0 aliphatic carbocycles. The van der Waals surface area contributed by atoms with Crippen molar-refractivity contribution in [3.63, 3.8) is 0 Å².